The minimum absolute atomic E-state index is 0.130. The molecule has 0 bridgehead atoms. The highest BCUT2D eigenvalue weighted by atomic mass is 29.6. The van der Waals surface area contributed by atoms with E-state index in [1.54, 1.807) is 0 Å². The minimum atomic E-state index is -1.28. The van der Waals surface area contributed by atoms with Crippen LogP contribution in [-0.2, 0) is 4.79 Å². The second-order valence-corrected chi connectivity index (χ2v) is 31.2. The molecular weight excluding hydrogens is 232 g/mol. The number of hydrogen-bond donors (Lipinski definition) is 0. The molecule has 0 N–H and O–H groups in total. The Morgan fingerprint density at radius 2 is 1.13 bits per heavy atom. The lowest BCUT2D eigenvalue weighted by molar-refractivity contribution is -0.118. The molecule has 0 saturated heterocycles. The lowest BCUT2D eigenvalue weighted by atomic mass is 9.99. The molecule has 0 saturated carbocycles. The molecule has 89 valence electrons. The lowest BCUT2D eigenvalue weighted by Gasteiger charge is -2.38. The van der Waals surface area contributed by atoms with E-state index < -0.39 is 23.0 Å². The summed E-state index contributed by atoms with van der Waals surface area (Å²) < 4.78 is 0. The van der Waals surface area contributed by atoms with Crippen molar-refractivity contribution in [3.63, 3.8) is 0 Å². The van der Waals surface area contributed by atoms with Crippen LogP contribution < -0.4 is 0 Å². The van der Waals surface area contributed by atoms with Gasteiger partial charge in [0.1, 0.15) is 13.2 Å². The number of hydrogen-bond acceptors (Lipinski definition) is 1. The average Bonchev–Trinajstić information content (AvgIpc) is 1.76. The first-order valence-electron chi connectivity index (χ1n) is 5.70. The normalized spacial score (nSPS) is 14.5. The van der Waals surface area contributed by atoms with Crippen molar-refractivity contribution in [3.05, 3.63) is 0 Å². The Morgan fingerprint density at radius 3 is 1.20 bits per heavy atom. The molecule has 0 aromatic rings. The Kier molecular flexibility index (Phi) is 4.39. The molecule has 0 fully saturated rings. The first-order chi connectivity index (χ1) is 6.28. The van der Waals surface area contributed by atoms with Gasteiger partial charge in [0.05, 0.1) is 0 Å². The third kappa shape index (κ3) is 4.36. The van der Waals surface area contributed by atoms with Crippen LogP contribution in [0.1, 0.15) is 20.8 Å². The molecule has 4 heteroatoms. The molecule has 0 aliphatic carbocycles. The second kappa shape index (κ2) is 4.30. The number of carbonyl (C=O) groups excluding carboxylic acids is 1. The summed E-state index contributed by atoms with van der Waals surface area (Å²) in [6.45, 7) is 20.5. The van der Waals surface area contributed by atoms with Crippen molar-refractivity contribution in [3.8, 4) is 0 Å². The van der Waals surface area contributed by atoms with Gasteiger partial charge in [-0.25, -0.2) is 0 Å². The molecule has 0 atom stereocenters. The zero-order chi connectivity index (χ0) is 12.7. The number of rotatable bonds is 3. The topological polar surface area (TPSA) is 17.1 Å². The van der Waals surface area contributed by atoms with E-state index in [-0.39, 0.29) is 5.41 Å². The van der Waals surface area contributed by atoms with E-state index >= 15 is 0 Å². The van der Waals surface area contributed by atoms with E-state index in [0.29, 0.717) is 5.41 Å². The summed E-state index contributed by atoms with van der Waals surface area (Å²) in [5.41, 5.74) is -0.130. The molecule has 0 aliphatic heterocycles. The standard InChI is InChI=1S/C11H27OSi3/c1-11(2,3)10(12)13(14(4,5)6)15(7,8)9/h1-9H3. The molecule has 1 nitrogen and oxygen atoms in total. The summed E-state index contributed by atoms with van der Waals surface area (Å²) in [6.07, 6.45) is 0. The van der Waals surface area contributed by atoms with Crippen LogP contribution in [0.2, 0.25) is 39.3 Å². The van der Waals surface area contributed by atoms with E-state index in [1.807, 2.05) is 0 Å². The number of carbonyl (C=O) groups is 1. The van der Waals surface area contributed by atoms with Crippen LogP contribution in [0.25, 0.3) is 0 Å². The summed E-state index contributed by atoms with van der Waals surface area (Å²) >= 11 is 0. The molecule has 0 unspecified atom stereocenters. The molecule has 15 heavy (non-hydrogen) atoms. The van der Waals surface area contributed by atoms with Crippen LogP contribution in [0.4, 0.5) is 0 Å². The molecule has 0 heterocycles. The Labute approximate surface area is 98.9 Å². The highest BCUT2D eigenvalue weighted by molar-refractivity contribution is 7.68. The van der Waals surface area contributed by atoms with Crippen molar-refractivity contribution < 1.29 is 4.79 Å². The van der Waals surface area contributed by atoms with Gasteiger partial charge < -0.3 is 4.79 Å². The summed E-state index contributed by atoms with van der Waals surface area (Å²) in [4.78, 5) is 12.6. The van der Waals surface area contributed by atoms with Crippen LogP contribution in [0.5, 0.6) is 0 Å². The smallest absolute Gasteiger partial charge is 0.117 e. The van der Waals surface area contributed by atoms with Gasteiger partial charge in [-0.1, -0.05) is 60.1 Å². The zero-order valence-corrected chi connectivity index (χ0v) is 14.9. The molecule has 0 amide bonds. The maximum absolute atomic E-state index is 12.6. The van der Waals surface area contributed by atoms with E-state index in [2.05, 4.69) is 60.1 Å². The fraction of sp³-hybridized carbons (Fsp3) is 0.909. The summed E-state index contributed by atoms with van der Waals surface area (Å²) in [7, 11) is -3.33. The van der Waals surface area contributed by atoms with Gasteiger partial charge in [-0.2, -0.15) is 0 Å². The van der Waals surface area contributed by atoms with Gasteiger partial charge in [-0.15, -0.1) is 0 Å². The van der Waals surface area contributed by atoms with Crippen LogP contribution in [0, 0.1) is 5.41 Å². The summed E-state index contributed by atoms with van der Waals surface area (Å²) in [6, 6.07) is 0. The highest BCUT2D eigenvalue weighted by Gasteiger charge is 2.47. The van der Waals surface area contributed by atoms with Crippen LogP contribution >= 0.6 is 0 Å². The molecule has 1 radical (unpaired) electrons. The molecule has 0 rings (SSSR count). The Balaban J connectivity index is 5.26. The van der Waals surface area contributed by atoms with Crippen LogP contribution in [0.3, 0.4) is 0 Å². The molecular formula is C11H27OSi3. The third-order valence-electron chi connectivity index (χ3n) is 2.41. The fourth-order valence-electron chi connectivity index (χ4n) is 2.18. The SMILES string of the molecule is CC(C)(C)C(=O)[Si]([Si](C)(C)C)[Si](C)(C)C. The lowest BCUT2D eigenvalue weighted by Crippen LogP contribution is -2.65. The zero-order valence-electron chi connectivity index (χ0n) is 11.9. The third-order valence-corrected chi connectivity index (χ3v) is 30.5. The van der Waals surface area contributed by atoms with Crippen molar-refractivity contribution in [2.24, 2.45) is 5.41 Å². The summed E-state index contributed by atoms with van der Waals surface area (Å²) in [5, 5.41) is 0.603. The van der Waals surface area contributed by atoms with Gasteiger partial charge >= 0.3 is 0 Å². The van der Waals surface area contributed by atoms with Gasteiger partial charge in [-0.05, 0) is 0 Å². The Bertz CT molecular complexity index is 226. The Morgan fingerprint density at radius 1 is 0.867 bits per heavy atom. The van der Waals surface area contributed by atoms with E-state index in [9.17, 15) is 4.79 Å². The first-order valence-corrected chi connectivity index (χ1v) is 16.2. The minimum Gasteiger partial charge on any atom is -0.306 e. The van der Waals surface area contributed by atoms with Gasteiger partial charge in [0, 0.05) is 20.6 Å². The largest absolute Gasteiger partial charge is 0.306 e. The van der Waals surface area contributed by atoms with E-state index in [4.69, 9.17) is 0 Å². The van der Waals surface area contributed by atoms with Gasteiger partial charge in [-0.3, -0.25) is 0 Å². The van der Waals surface area contributed by atoms with Crippen molar-refractivity contribution in [1.29, 1.82) is 0 Å². The summed E-state index contributed by atoms with van der Waals surface area (Å²) in [5.74, 6) is 0. The predicted molar refractivity (Wildman–Crippen MR) is 76.9 cm³/mol. The monoisotopic (exact) mass is 259 g/mol. The van der Waals surface area contributed by atoms with Gasteiger partial charge in [0.15, 0.2) is 0 Å². The highest BCUT2D eigenvalue weighted by Crippen LogP contribution is 2.26. The molecule has 0 aromatic carbocycles. The fourth-order valence-corrected chi connectivity index (χ4v) is 39.9. The van der Waals surface area contributed by atoms with Gasteiger partial charge in [0.2, 0.25) is 0 Å². The maximum Gasteiger partial charge on any atom is 0.117 e. The van der Waals surface area contributed by atoms with Crippen molar-refractivity contribution in [2.75, 3.05) is 0 Å². The Hall–Kier alpha value is 0.321. The van der Waals surface area contributed by atoms with Gasteiger partial charge in [0.25, 0.3) is 0 Å². The second-order valence-electron chi connectivity index (χ2n) is 7.45. The maximum atomic E-state index is 12.6. The van der Waals surface area contributed by atoms with Crippen molar-refractivity contribution in [1.82, 2.24) is 0 Å². The quantitative estimate of drug-likeness (QED) is 0.709. The molecule has 0 spiro atoms. The van der Waals surface area contributed by atoms with E-state index in [1.165, 1.54) is 0 Å². The first kappa shape index (κ1) is 15.3. The van der Waals surface area contributed by atoms with Crippen LogP contribution in [0.15, 0.2) is 0 Å². The predicted octanol–water partition coefficient (Wildman–Crippen LogP) is 3.47. The van der Waals surface area contributed by atoms with E-state index in [0.717, 1.165) is 0 Å². The molecule has 0 aromatic heterocycles. The average molecular weight is 260 g/mol. The van der Waals surface area contributed by atoms with Crippen molar-refractivity contribution in [2.45, 2.75) is 60.1 Å². The molecule has 0 aliphatic rings. The van der Waals surface area contributed by atoms with Crippen molar-refractivity contribution >= 4 is 28.4 Å². The van der Waals surface area contributed by atoms with Crippen LogP contribution in [-0.4, -0.2) is 28.4 Å².